The van der Waals surface area contributed by atoms with Gasteiger partial charge in [0.25, 0.3) is 0 Å². The first-order chi connectivity index (χ1) is 15.1. The molecular weight excluding hydrogens is 386 g/mol. The van der Waals surface area contributed by atoms with Crippen LogP contribution in [0.4, 0.5) is 11.4 Å². The lowest BCUT2D eigenvalue weighted by atomic mass is 9.93. The molecule has 0 aliphatic carbocycles. The molecule has 0 aliphatic heterocycles. The van der Waals surface area contributed by atoms with Crippen LogP contribution >= 0.6 is 0 Å². The van der Waals surface area contributed by atoms with E-state index in [0.717, 1.165) is 39.1 Å². The van der Waals surface area contributed by atoms with Crippen LogP contribution in [-0.2, 0) is 11.3 Å². The maximum atomic E-state index is 13.1. The highest BCUT2D eigenvalue weighted by Crippen LogP contribution is 2.25. The summed E-state index contributed by atoms with van der Waals surface area (Å²) in [6.07, 6.45) is 0.593. The van der Waals surface area contributed by atoms with Gasteiger partial charge in [-0.05, 0) is 55.8 Å². The van der Waals surface area contributed by atoms with Crippen LogP contribution in [0.25, 0.3) is 10.9 Å². The summed E-state index contributed by atoms with van der Waals surface area (Å²) in [7, 11) is 0. The maximum absolute atomic E-state index is 13.1. The Bertz CT molecular complexity index is 1170. The second-order valence-corrected chi connectivity index (χ2v) is 7.68. The van der Waals surface area contributed by atoms with Crippen LogP contribution in [-0.4, -0.2) is 22.6 Å². The standard InChI is InChI=1S/C25H27N5O/c1-17-6-5-7-18(14-17)21(12-13-26)25(31)28-20-10-11-23-22(15-20)24(30-29-23)16-27-19-8-3-2-4-9-19/h2-11,14-15,21,27H,12-13,16,26H2,1H3,(H,28,31)(H,29,30). The Balaban J connectivity index is 1.52. The number of amides is 1. The number of hydrogen-bond acceptors (Lipinski definition) is 4. The first kappa shape index (κ1) is 20.6. The molecular formula is C25H27N5O. The summed E-state index contributed by atoms with van der Waals surface area (Å²) in [5, 5.41) is 14.9. The number of nitrogens with one attached hydrogen (secondary N) is 3. The molecule has 6 heteroatoms. The van der Waals surface area contributed by atoms with E-state index < -0.39 is 0 Å². The molecule has 5 N–H and O–H groups in total. The number of anilines is 2. The highest BCUT2D eigenvalue weighted by Gasteiger charge is 2.20. The van der Waals surface area contributed by atoms with Gasteiger partial charge in [0.1, 0.15) is 0 Å². The molecule has 0 saturated heterocycles. The van der Waals surface area contributed by atoms with Crippen molar-refractivity contribution >= 4 is 28.2 Å². The van der Waals surface area contributed by atoms with Crippen molar-refractivity contribution in [1.82, 2.24) is 10.2 Å². The Morgan fingerprint density at radius 1 is 1.03 bits per heavy atom. The molecule has 3 aromatic carbocycles. The molecule has 0 fully saturated rings. The minimum Gasteiger partial charge on any atom is -0.379 e. The molecule has 1 heterocycles. The number of benzene rings is 3. The minimum absolute atomic E-state index is 0.0529. The summed E-state index contributed by atoms with van der Waals surface area (Å²) >= 11 is 0. The average Bonchev–Trinajstić information content (AvgIpc) is 3.19. The van der Waals surface area contributed by atoms with Gasteiger partial charge < -0.3 is 16.4 Å². The monoisotopic (exact) mass is 413 g/mol. The first-order valence-corrected chi connectivity index (χ1v) is 10.5. The Morgan fingerprint density at radius 3 is 2.65 bits per heavy atom. The summed E-state index contributed by atoms with van der Waals surface area (Å²) in [6, 6.07) is 23.8. The number of nitrogens with two attached hydrogens (primary N) is 1. The Labute approximate surface area is 181 Å². The van der Waals surface area contributed by atoms with Gasteiger partial charge in [-0.1, -0.05) is 48.0 Å². The number of carbonyl (C=O) groups excluding carboxylic acids is 1. The summed E-state index contributed by atoms with van der Waals surface area (Å²) < 4.78 is 0. The topological polar surface area (TPSA) is 95.8 Å². The van der Waals surface area contributed by atoms with Crippen LogP contribution in [0.1, 0.15) is 29.2 Å². The van der Waals surface area contributed by atoms with E-state index in [-0.39, 0.29) is 11.8 Å². The van der Waals surface area contributed by atoms with E-state index in [2.05, 4.69) is 20.8 Å². The molecule has 1 aromatic heterocycles. The highest BCUT2D eigenvalue weighted by atomic mass is 16.1. The fraction of sp³-hybridized carbons (Fsp3) is 0.200. The normalized spacial score (nSPS) is 11.9. The van der Waals surface area contributed by atoms with Crippen LogP contribution < -0.4 is 16.4 Å². The SMILES string of the molecule is Cc1cccc(C(CCN)C(=O)Nc2ccc3[nH]nc(CNc4ccccc4)c3c2)c1. The van der Waals surface area contributed by atoms with E-state index in [9.17, 15) is 4.79 Å². The Hall–Kier alpha value is -3.64. The summed E-state index contributed by atoms with van der Waals surface area (Å²) in [5.41, 5.74) is 11.5. The maximum Gasteiger partial charge on any atom is 0.231 e. The number of aromatic amines is 1. The van der Waals surface area contributed by atoms with Gasteiger partial charge in [-0.25, -0.2) is 0 Å². The zero-order valence-electron chi connectivity index (χ0n) is 17.6. The quantitative estimate of drug-likeness (QED) is 0.341. The number of para-hydroxylation sites is 1. The predicted molar refractivity (Wildman–Crippen MR) is 126 cm³/mol. The number of aromatic nitrogens is 2. The van der Waals surface area contributed by atoms with Crippen LogP contribution in [0.5, 0.6) is 0 Å². The lowest BCUT2D eigenvalue weighted by Gasteiger charge is -2.17. The van der Waals surface area contributed by atoms with Crippen molar-refractivity contribution in [2.45, 2.75) is 25.8 Å². The third-order valence-electron chi connectivity index (χ3n) is 5.36. The molecule has 0 spiro atoms. The second kappa shape index (κ2) is 9.45. The predicted octanol–water partition coefficient (Wildman–Crippen LogP) is 4.55. The van der Waals surface area contributed by atoms with Crippen molar-refractivity contribution in [3.63, 3.8) is 0 Å². The molecule has 0 saturated carbocycles. The van der Waals surface area contributed by atoms with Gasteiger partial charge >= 0.3 is 0 Å². The van der Waals surface area contributed by atoms with E-state index >= 15 is 0 Å². The number of aryl methyl sites for hydroxylation is 1. The van der Waals surface area contributed by atoms with E-state index in [1.807, 2.05) is 79.7 Å². The first-order valence-electron chi connectivity index (χ1n) is 10.5. The van der Waals surface area contributed by atoms with Crippen molar-refractivity contribution in [3.05, 3.63) is 89.6 Å². The number of nitrogens with zero attached hydrogens (tertiary/aromatic N) is 1. The lowest BCUT2D eigenvalue weighted by Crippen LogP contribution is -2.23. The smallest absolute Gasteiger partial charge is 0.231 e. The van der Waals surface area contributed by atoms with Crippen LogP contribution in [0.15, 0.2) is 72.8 Å². The van der Waals surface area contributed by atoms with E-state index in [1.165, 1.54) is 0 Å². The van der Waals surface area contributed by atoms with E-state index in [0.29, 0.717) is 19.5 Å². The van der Waals surface area contributed by atoms with Gasteiger partial charge in [-0.2, -0.15) is 5.10 Å². The zero-order chi connectivity index (χ0) is 21.6. The van der Waals surface area contributed by atoms with Crippen molar-refractivity contribution in [2.24, 2.45) is 5.73 Å². The van der Waals surface area contributed by atoms with Gasteiger partial charge in [-0.15, -0.1) is 0 Å². The number of fused-ring (bicyclic) bond motifs is 1. The summed E-state index contributed by atoms with van der Waals surface area (Å²) in [5.74, 6) is -0.341. The van der Waals surface area contributed by atoms with Gasteiger partial charge in [0.2, 0.25) is 5.91 Å². The summed E-state index contributed by atoms with van der Waals surface area (Å²) in [6.45, 7) is 3.06. The molecule has 158 valence electrons. The van der Waals surface area contributed by atoms with Crippen LogP contribution in [0.2, 0.25) is 0 Å². The minimum atomic E-state index is -0.288. The molecule has 4 aromatic rings. The lowest BCUT2D eigenvalue weighted by molar-refractivity contribution is -0.117. The number of H-pyrrole nitrogens is 1. The van der Waals surface area contributed by atoms with Gasteiger partial charge in [-0.3, -0.25) is 9.89 Å². The fourth-order valence-corrected chi connectivity index (χ4v) is 3.75. The Morgan fingerprint density at radius 2 is 1.87 bits per heavy atom. The second-order valence-electron chi connectivity index (χ2n) is 7.68. The molecule has 0 radical (unpaired) electrons. The van der Waals surface area contributed by atoms with Crippen molar-refractivity contribution in [3.8, 4) is 0 Å². The van der Waals surface area contributed by atoms with E-state index in [1.54, 1.807) is 0 Å². The molecule has 1 unspecified atom stereocenters. The van der Waals surface area contributed by atoms with Crippen molar-refractivity contribution < 1.29 is 4.79 Å². The fourth-order valence-electron chi connectivity index (χ4n) is 3.75. The largest absolute Gasteiger partial charge is 0.379 e. The molecule has 1 amide bonds. The molecule has 1 atom stereocenters. The molecule has 4 rings (SSSR count). The zero-order valence-corrected chi connectivity index (χ0v) is 17.6. The number of carbonyl (C=O) groups is 1. The van der Waals surface area contributed by atoms with Crippen molar-refractivity contribution in [1.29, 1.82) is 0 Å². The number of hydrogen-bond donors (Lipinski definition) is 4. The van der Waals surface area contributed by atoms with Gasteiger partial charge in [0.05, 0.1) is 23.7 Å². The third-order valence-corrected chi connectivity index (χ3v) is 5.36. The van der Waals surface area contributed by atoms with Crippen molar-refractivity contribution in [2.75, 3.05) is 17.2 Å². The van der Waals surface area contributed by atoms with Crippen LogP contribution in [0, 0.1) is 6.92 Å². The van der Waals surface area contributed by atoms with Gasteiger partial charge in [0, 0.05) is 16.8 Å². The average molecular weight is 414 g/mol. The molecule has 0 bridgehead atoms. The van der Waals surface area contributed by atoms with E-state index in [4.69, 9.17) is 5.73 Å². The van der Waals surface area contributed by atoms with Gasteiger partial charge in [0.15, 0.2) is 0 Å². The molecule has 31 heavy (non-hydrogen) atoms. The molecule has 0 aliphatic rings. The number of rotatable bonds is 8. The Kier molecular flexibility index (Phi) is 6.29. The highest BCUT2D eigenvalue weighted by molar-refractivity contribution is 5.98. The van der Waals surface area contributed by atoms with Crippen LogP contribution in [0.3, 0.4) is 0 Å². The third kappa shape index (κ3) is 4.92. The summed E-state index contributed by atoms with van der Waals surface area (Å²) in [4.78, 5) is 13.1. The molecule has 6 nitrogen and oxygen atoms in total.